The number of ketones is 1. The molecule has 1 fully saturated rings. The molecule has 3 nitrogen and oxygen atoms in total. The van der Waals surface area contributed by atoms with Gasteiger partial charge in [-0.1, -0.05) is 45.0 Å². The highest BCUT2D eigenvalue weighted by Crippen LogP contribution is 2.21. The van der Waals surface area contributed by atoms with E-state index in [1.165, 1.54) is 5.56 Å². The summed E-state index contributed by atoms with van der Waals surface area (Å²) in [6, 6.07) is 8.13. The lowest BCUT2D eigenvalue weighted by Gasteiger charge is -2.32. The fraction of sp³-hybridized carbons (Fsp3) is 0.588. The van der Waals surface area contributed by atoms with Crippen LogP contribution in [0.3, 0.4) is 0 Å². The second-order valence-electron chi connectivity index (χ2n) is 6.86. The number of benzene rings is 1. The molecule has 1 saturated heterocycles. The lowest BCUT2D eigenvalue weighted by molar-refractivity contribution is 0.0858. The highest BCUT2D eigenvalue weighted by Gasteiger charge is 2.22. The van der Waals surface area contributed by atoms with Crippen molar-refractivity contribution in [2.45, 2.75) is 27.3 Å². The maximum atomic E-state index is 12.2. The fourth-order valence-electron chi connectivity index (χ4n) is 2.46. The number of likely N-dealkylation sites (N-methyl/N-ethyl adjacent to an activating group) is 1. The Morgan fingerprint density at radius 1 is 1.05 bits per heavy atom. The molecule has 2 rings (SSSR count). The Morgan fingerprint density at radius 3 is 2.10 bits per heavy atom. The summed E-state index contributed by atoms with van der Waals surface area (Å²) in [6.07, 6.45) is 0. The lowest BCUT2D eigenvalue weighted by atomic mass is 9.86. The van der Waals surface area contributed by atoms with E-state index >= 15 is 0 Å². The smallest absolute Gasteiger partial charge is 0.168 e. The lowest BCUT2D eigenvalue weighted by Crippen LogP contribution is -2.43. The van der Waals surface area contributed by atoms with E-state index in [-0.39, 0.29) is 11.2 Å². The predicted molar refractivity (Wildman–Crippen MR) is 83.0 cm³/mol. The molecule has 1 aliphatic rings. The van der Waals surface area contributed by atoms with Crippen LogP contribution in [0.25, 0.3) is 0 Å². The molecule has 20 heavy (non-hydrogen) atoms. The number of hydrogen-bond acceptors (Lipinski definition) is 3. The quantitative estimate of drug-likeness (QED) is 0.792. The zero-order valence-electron chi connectivity index (χ0n) is 13.1. The first kappa shape index (κ1) is 15.2. The van der Waals surface area contributed by atoms with Gasteiger partial charge >= 0.3 is 0 Å². The van der Waals surface area contributed by atoms with Gasteiger partial charge in [0, 0.05) is 43.7 Å². The van der Waals surface area contributed by atoms with Crippen molar-refractivity contribution in [2.24, 2.45) is 5.41 Å². The van der Waals surface area contributed by atoms with E-state index in [9.17, 15) is 4.79 Å². The van der Waals surface area contributed by atoms with Gasteiger partial charge in [-0.15, -0.1) is 0 Å². The molecule has 0 unspecified atom stereocenters. The highest BCUT2D eigenvalue weighted by molar-refractivity contribution is 5.99. The summed E-state index contributed by atoms with van der Waals surface area (Å²) in [5.41, 5.74) is 1.80. The van der Waals surface area contributed by atoms with Crippen LogP contribution in [-0.2, 0) is 6.54 Å². The van der Waals surface area contributed by atoms with Crippen LogP contribution in [0, 0.1) is 5.41 Å². The third-order valence-electron chi connectivity index (χ3n) is 3.90. The molecule has 0 bridgehead atoms. The number of Topliss-reactive ketones (excluding diaryl/α,β-unsaturated/α-hetero) is 1. The molecular weight excluding hydrogens is 248 g/mol. The molecule has 0 atom stereocenters. The monoisotopic (exact) mass is 274 g/mol. The molecule has 0 saturated carbocycles. The molecule has 110 valence electrons. The summed E-state index contributed by atoms with van der Waals surface area (Å²) in [6.45, 7) is 11.4. The number of nitrogens with zero attached hydrogens (tertiary/aromatic N) is 2. The van der Waals surface area contributed by atoms with Crippen LogP contribution in [0.1, 0.15) is 36.7 Å². The fourth-order valence-corrected chi connectivity index (χ4v) is 2.46. The largest absolute Gasteiger partial charge is 0.304 e. The molecule has 0 aliphatic carbocycles. The topological polar surface area (TPSA) is 23.6 Å². The second kappa shape index (κ2) is 6.06. The van der Waals surface area contributed by atoms with Crippen LogP contribution >= 0.6 is 0 Å². The molecular formula is C17H26N2O. The maximum Gasteiger partial charge on any atom is 0.168 e. The SMILES string of the molecule is CN1CCN(Cc2ccc(C(=O)C(C)(C)C)cc2)CC1. The van der Waals surface area contributed by atoms with Gasteiger partial charge in [0.1, 0.15) is 0 Å². The zero-order chi connectivity index (χ0) is 14.8. The summed E-state index contributed by atoms with van der Waals surface area (Å²) in [4.78, 5) is 17.0. The number of carbonyl (C=O) groups is 1. The predicted octanol–water partition coefficient (Wildman–Crippen LogP) is 2.66. The molecule has 0 N–H and O–H groups in total. The van der Waals surface area contributed by atoms with Crippen molar-refractivity contribution in [3.05, 3.63) is 35.4 Å². The number of carbonyl (C=O) groups excluding carboxylic acids is 1. The molecule has 3 heteroatoms. The Labute approximate surface area is 122 Å². The van der Waals surface area contributed by atoms with Crippen LogP contribution in [0.4, 0.5) is 0 Å². The first-order valence-electron chi connectivity index (χ1n) is 7.41. The standard InChI is InChI=1S/C17H26N2O/c1-17(2,3)16(20)15-7-5-14(6-8-15)13-19-11-9-18(4)10-12-19/h5-8H,9-13H2,1-4H3. The van der Waals surface area contributed by atoms with Crippen molar-refractivity contribution in [3.8, 4) is 0 Å². The van der Waals surface area contributed by atoms with Crippen molar-refractivity contribution in [3.63, 3.8) is 0 Å². The molecule has 1 aliphatic heterocycles. The highest BCUT2D eigenvalue weighted by atomic mass is 16.1. The van der Waals surface area contributed by atoms with Gasteiger partial charge in [-0.25, -0.2) is 0 Å². The molecule has 0 amide bonds. The van der Waals surface area contributed by atoms with Crippen molar-refractivity contribution in [2.75, 3.05) is 33.2 Å². The number of rotatable bonds is 3. The Hall–Kier alpha value is -1.19. The van der Waals surface area contributed by atoms with Gasteiger partial charge < -0.3 is 4.90 Å². The third kappa shape index (κ3) is 3.90. The number of piperazine rings is 1. The average Bonchev–Trinajstić information content (AvgIpc) is 2.40. The Kier molecular flexibility index (Phi) is 4.61. The summed E-state index contributed by atoms with van der Waals surface area (Å²) in [7, 11) is 2.17. The molecule has 1 aromatic carbocycles. The molecule has 0 spiro atoms. The summed E-state index contributed by atoms with van der Waals surface area (Å²) >= 11 is 0. The first-order valence-corrected chi connectivity index (χ1v) is 7.41. The van der Waals surface area contributed by atoms with Crippen LogP contribution in [0.5, 0.6) is 0 Å². The van der Waals surface area contributed by atoms with Crippen LogP contribution in [-0.4, -0.2) is 48.8 Å². The van der Waals surface area contributed by atoms with Gasteiger partial charge in [0.2, 0.25) is 0 Å². The van der Waals surface area contributed by atoms with Crippen LogP contribution in [0.2, 0.25) is 0 Å². The molecule has 0 aromatic heterocycles. The minimum Gasteiger partial charge on any atom is -0.304 e. The van der Waals surface area contributed by atoms with Crippen molar-refractivity contribution < 1.29 is 4.79 Å². The molecule has 0 radical (unpaired) electrons. The average molecular weight is 274 g/mol. The van der Waals surface area contributed by atoms with Gasteiger partial charge in [-0.05, 0) is 12.6 Å². The first-order chi connectivity index (χ1) is 9.36. The minimum absolute atomic E-state index is 0.212. The Bertz CT molecular complexity index is 451. The third-order valence-corrected chi connectivity index (χ3v) is 3.90. The number of hydrogen-bond donors (Lipinski definition) is 0. The van der Waals surface area contributed by atoms with Crippen molar-refractivity contribution >= 4 is 5.78 Å². The Balaban J connectivity index is 1.97. The summed E-state index contributed by atoms with van der Waals surface area (Å²) < 4.78 is 0. The van der Waals surface area contributed by atoms with Gasteiger partial charge in [0.15, 0.2) is 5.78 Å². The summed E-state index contributed by atoms with van der Waals surface area (Å²) in [5.74, 6) is 0.212. The van der Waals surface area contributed by atoms with E-state index in [1.54, 1.807) is 0 Å². The van der Waals surface area contributed by atoms with Gasteiger partial charge in [-0.2, -0.15) is 0 Å². The Morgan fingerprint density at radius 2 is 1.60 bits per heavy atom. The minimum atomic E-state index is -0.307. The van der Waals surface area contributed by atoms with Crippen molar-refractivity contribution in [1.82, 2.24) is 9.80 Å². The van der Waals surface area contributed by atoms with E-state index in [0.717, 1.165) is 38.3 Å². The van der Waals surface area contributed by atoms with Crippen LogP contribution in [0.15, 0.2) is 24.3 Å². The van der Waals surface area contributed by atoms with E-state index in [1.807, 2.05) is 32.9 Å². The van der Waals surface area contributed by atoms with E-state index < -0.39 is 0 Å². The van der Waals surface area contributed by atoms with E-state index in [0.29, 0.717) is 0 Å². The maximum absolute atomic E-state index is 12.2. The molecule has 1 aromatic rings. The van der Waals surface area contributed by atoms with Gasteiger partial charge in [0.05, 0.1) is 0 Å². The van der Waals surface area contributed by atoms with Crippen LogP contribution < -0.4 is 0 Å². The molecule has 1 heterocycles. The summed E-state index contributed by atoms with van der Waals surface area (Å²) in [5, 5.41) is 0. The van der Waals surface area contributed by atoms with Gasteiger partial charge in [-0.3, -0.25) is 9.69 Å². The van der Waals surface area contributed by atoms with E-state index in [4.69, 9.17) is 0 Å². The normalized spacial score (nSPS) is 18.2. The zero-order valence-corrected chi connectivity index (χ0v) is 13.1. The van der Waals surface area contributed by atoms with E-state index in [2.05, 4.69) is 29.0 Å². The second-order valence-corrected chi connectivity index (χ2v) is 6.86. The van der Waals surface area contributed by atoms with Gasteiger partial charge in [0.25, 0.3) is 0 Å². The van der Waals surface area contributed by atoms with Crippen molar-refractivity contribution in [1.29, 1.82) is 0 Å².